The van der Waals surface area contributed by atoms with Gasteiger partial charge < -0.3 is 20.1 Å². The molecule has 0 bridgehead atoms. The number of benzene rings is 2. The number of ether oxygens (including phenoxy) is 2. The number of nitrogens with one attached hydrogen (secondary N) is 2. The average molecular weight is 399 g/mol. The van der Waals surface area contributed by atoms with E-state index >= 15 is 0 Å². The fourth-order valence-corrected chi connectivity index (χ4v) is 3.20. The van der Waals surface area contributed by atoms with E-state index in [0.717, 1.165) is 22.4 Å². The topological polar surface area (TPSA) is 79.9 Å². The van der Waals surface area contributed by atoms with Gasteiger partial charge in [0.25, 0.3) is 0 Å². The zero-order chi connectivity index (χ0) is 21.6. The predicted molar refractivity (Wildman–Crippen MR) is 115 cm³/mol. The molecule has 2 aromatic carbocycles. The first-order valence-electron chi connectivity index (χ1n) is 9.31. The number of methoxy groups -OCH3 is 2. The van der Waals surface area contributed by atoms with E-state index < -0.39 is 0 Å². The van der Waals surface area contributed by atoms with Crippen LogP contribution in [-0.2, 0) is 9.59 Å². The van der Waals surface area contributed by atoms with Crippen LogP contribution in [0.2, 0.25) is 0 Å². The largest absolute Gasteiger partial charge is 0.497 e. The molecule has 0 aliphatic heterocycles. The van der Waals surface area contributed by atoms with Crippen molar-refractivity contribution in [3.05, 3.63) is 47.0 Å². The van der Waals surface area contributed by atoms with Gasteiger partial charge in [-0.15, -0.1) is 0 Å². The molecule has 0 aliphatic carbocycles. The lowest BCUT2D eigenvalue weighted by Crippen LogP contribution is -2.36. The van der Waals surface area contributed by atoms with Gasteiger partial charge in [-0.1, -0.05) is 17.7 Å². The quantitative estimate of drug-likeness (QED) is 0.713. The van der Waals surface area contributed by atoms with Gasteiger partial charge in [0.15, 0.2) is 0 Å². The van der Waals surface area contributed by atoms with Crippen LogP contribution in [0.15, 0.2) is 30.3 Å². The molecule has 0 unspecified atom stereocenters. The van der Waals surface area contributed by atoms with Crippen LogP contribution in [0, 0.1) is 20.8 Å². The molecule has 0 radical (unpaired) electrons. The molecule has 0 fully saturated rings. The number of hydrogen-bond acceptors (Lipinski definition) is 5. The summed E-state index contributed by atoms with van der Waals surface area (Å²) in [6.07, 6.45) is 0. The van der Waals surface area contributed by atoms with Gasteiger partial charge in [0.2, 0.25) is 11.8 Å². The molecule has 0 aliphatic rings. The van der Waals surface area contributed by atoms with E-state index in [2.05, 4.69) is 10.6 Å². The molecule has 0 aromatic heterocycles. The van der Waals surface area contributed by atoms with E-state index in [0.29, 0.717) is 17.2 Å². The maximum Gasteiger partial charge on any atom is 0.238 e. The molecule has 2 aromatic rings. The molecular formula is C22H29N3O4. The van der Waals surface area contributed by atoms with Gasteiger partial charge in [0.05, 0.1) is 33.0 Å². The summed E-state index contributed by atoms with van der Waals surface area (Å²) in [6.45, 7) is 6.10. The first-order chi connectivity index (χ1) is 13.7. The number of likely N-dealkylation sites (N-methyl/N-ethyl adjacent to an activating group) is 1. The van der Waals surface area contributed by atoms with Crippen molar-refractivity contribution >= 4 is 23.2 Å². The second-order valence-electron chi connectivity index (χ2n) is 7.11. The lowest BCUT2D eigenvalue weighted by atomic mass is 10.1. The predicted octanol–water partition coefficient (Wildman–Crippen LogP) is 3.14. The second-order valence-corrected chi connectivity index (χ2v) is 7.11. The lowest BCUT2D eigenvalue weighted by Gasteiger charge is -2.18. The summed E-state index contributed by atoms with van der Waals surface area (Å²) in [4.78, 5) is 26.5. The van der Waals surface area contributed by atoms with Crippen LogP contribution in [0.4, 0.5) is 11.4 Å². The highest BCUT2D eigenvalue weighted by Gasteiger charge is 2.15. The molecule has 0 saturated carbocycles. The van der Waals surface area contributed by atoms with E-state index in [1.165, 1.54) is 7.11 Å². The maximum atomic E-state index is 12.4. The number of anilines is 2. The Kier molecular flexibility index (Phi) is 7.61. The summed E-state index contributed by atoms with van der Waals surface area (Å²) in [6, 6.07) is 9.22. The number of nitrogens with zero attached hydrogens (tertiary/aromatic N) is 1. The number of carbonyl (C=O) groups excluding carboxylic acids is 2. The Balaban J connectivity index is 1.94. The van der Waals surface area contributed by atoms with Crippen LogP contribution in [0.5, 0.6) is 11.5 Å². The number of amides is 2. The van der Waals surface area contributed by atoms with Gasteiger partial charge in [-0.3, -0.25) is 14.5 Å². The smallest absolute Gasteiger partial charge is 0.238 e. The Morgan fingerprint density at radius 2 is 1.48 bits per heavy atom. The minimum atomic E-state index is -0.255. The summed E-state index contributed by atoms with van der Waals surface area (Å²) in [5, 5.41) is 5.74. The van der Waals surface area contributed by atoms with Crippen LogP contribution in [-0.4, -0.2) is 51.1 Å². The normalized spacial score (nSPS) is 10.6. The van der Waals surface area contributed by atoms with Gasteiger partial charge in [-0.25, -0.2) is 0 Å². The molecule has 7 heteroatoms. The average Bonchev–Trinajstić information content (AvgIpc) is 2.64. The third kappa shape index (κ3) is 6.22. The van der Waals surface area contributed by atoms with Crippen LogP contribution in [0.3, 0.4) is 0 Å². The van der Waals surface area contributed by atoms with Gasteiger partial charge in [-0.2, -0.15) is 0 Å². The molecule has 156 valence electrons. The van der Waals surface area contributed by atoms with Gasteiger partial charge >= 0.3 is 0 Å². The van der Waals surface area contributed by atoms with Crippen molar-refractivity contribution in [1.82, 2.24) is 4.90 Å². The summed E-state index contributed by atoms with van der Waals surface area (Å²) in [5.41, 5.74) is 4.52. The zero-order valence-electron chi connectivity index (χ0n) is 17.9. The molecule has 0 saturated heterocycles. The SMILES string of the molecule is COc1ccc(OC)c(NC(=O)CN(C)CC(=O)Nc2c(C)cc(C)cc2C)c1. The van der Waals surface area contributed by atoms with Crippen molar-refractivity contribution in [2.45, 2.75) is 20.8 Å². The number of carbonyl (C=O) groups is 2. The Hall–Kier alpha value is -3.06. The Morgan fingerprint density at radius 3 is 2.03 bits per heavy atom. The van der Waals surface area contributed by atoms with Crippen LogP contribution in [0.25, 0.3) is 0 Å². The number of rotatable bonds is 8. The zero-order valence-corrected chi connectivity index (χ0v) is 17.9. The highest BCUT2D eigenvalue weighted by Crippen LogP contribution is 2.28. The van der Waals surface area contributed by atoms with Crippen LogP contribution in [0.1, 0.15) is 16.7 Å². The number of aryl methyl sites for hydroxylation is 3. The third-order valence-electron chi connectivity index (χ3n) is 4.45. The third-order valence-corrected chi connectivity index (χ3v) is 4.45. The van der Waals surface area contributed by atoms with Gasteiger partial charge in [-0.05, 0) is 51.1 Å². The van der Waals surface area contributed by atoms with Crippen LogP contribution < -0.4 is 20.1 Å². The van der Waals surface area contributed by atoms with E-state index in [4.69, 9.17) is 9.47 Å². The Bertz CT molecular complexity index is 873. The summed E-state index contributed by atoms with van der Waals surface area (Å²) in [7, 11) is 4.80. The van der Waals surface area contributed by atoms with Crippen molar-refractivity contribution < 1.29 is 19.1 Å². The van der Waals surface area contributed by atoms with Crippen LogP contribution >= 0.6 is 0 Å². The first-order valence-corrected chi connectivity index (χ1v) is 9.31. The van der Waals surface area contributed by atoms with E-state index in [1.54, 1.807) is 37.3 Å². The summed E-state index contributed by atoms with van der Waals surface area (Å²) >= 11 is 0. The maximum absolute atomic E-state index is 12.4. The van der Waals surface area contributed by atoms with Gasteiger partial charge in [0, 0.05) is 11.8 Å². The van der Waals surface area contributed by atoms with E-state index in [1.807, 2.05) is 32.9 Å². The minimum absolute atomic E-state index is 0.0552. The fourth-order valence-electron chi connectivity index (χ4n) is 3.20. The standard InChI is InChI=1S/C22H29N3O4/c1-14-9-15(2)22(16(3)10-14)24-21(27)13-25(4)12-20(26)23-18-11-17(28-5)7-8-19(18)29-6/h7-11H,12-13H2,1-6H3,(H,23,26)(H,24,27). The van der Waals surface area contributed by atoms with Gasteiger partial charge in [0.1, 0.15) is 11.5 Å². The number of hydrogen-bond donors (Lipinski definition) is 2. The minimum Gasteiger partial charge on any atom is -0.497 e. The molecule has 0 atom stereocenters. The molecule has 29 heavy (non-hydrogen) atoms. The van der Waals surface area contributed by atoms with Crippen molar-refractivity contribution in [1.29, 1.82) is 0 Å². The van der Waals surface area contributed by atoms with E-state index in [-0.39, 0.29) is 24.9 Å². The Morgan fingerprint density at radius 1 is 0.897 bits per heavy atom. The Labute approximate surface area is 172 Å². The fraction of sp³-hybridized carbons (Fsp3) is 0.364. The molecule has 2 amide bonds. The van der Waals surface area contributed by atoms with Crippen molar-refractivity contribution in [2.24, 2.45) is 0 Å². The summed E-state index contributed by atoms with van der Waals surface area (Å²) < 4.78 is 10.4. The molecule has 0 heterocycles. The molecule has 0 spiro atoms. The highest BCUT2D eigenvalue weighted by molar-refractivity contribution is 5.96. The second kappa shape index (κ2) is 9.93. The first kappa shape index (κ1) is 22.2. The van der Waals surface area contributed by atoms with E-state index in [9.17, 15) is 9.59 Å². The van der Waals surface area contributed by atoms with Crippen molar-refractivity contribution in [3.63, 3.8) is 0 Å². The highest BCUT2D eigenvalue weighted by atomic mass is 16.5. The molecule has 7 nitrogen and oxygen atoms in total. The molecule has 2 N–H and O–H groups in total. The lowest BCUT2D eigenvalue weighted by molar-refractivity contribution is -0.119. The molecular weight excluding hydrogens is 370 g/mol. The summed E-state index contributed by atoms with van der Waals surface area (Å²) in [5.74, 6) is 0.714. The van der Waals surface area contributed by atoms with Crippen molar-refractivity contribution in [2.75, 3.05) is 45.0 Å². The van der Waals surface area contributed by atoms with Crippen molar-refractivity contribution in [3.8, 4) is 11.5 Å². The monoisotopic (exact) mass is 399 g/mol. The molecule has 2 rings (SSSR count).